The molecule has 0 atom stereocenters. The molecule has 0 aromatic carbocycles. The van der Waals surface area contributed by atoms with Crippen molar-refractivity contribution < 1.29 is 13.2 Å². The Bertz CT molecular complexity index is 406. The number of nitrogens with zero attached hydrogens (tertiary/aromatic N) is 2. The molecular weight excluding hydrogens is 243 g/mol. The van der Waals surface area contributed by atoms with Crippen LogP contribution in [-0.2, 0) is 0 Å². The topological polar surface area (TPSA) is 28.2 Å². The van der Waals surface area contributed by atoms with Gasteiger partial charge in [-0.25, -0.2) is 8.78 Å². The molecule has 1 fully saturated rings. The summed E-state index contributed by atoms with van der Waals surface area (Å²) < 4.78 is 38.7. The van der Waals surface area contributed by atoms with Gasteiger partial charge in [-0.15, -0.1) is 0 Å². The van der Waals surface area contributed by atoms with Crippen LogP contribution in [0.5, 0.6) is 0 Å². The first-order valence-electron chi connectivity index (χ1n) is 6.14. The zero-order valence-corrected chi connectivity index (χ0v) is 10.1. The number of hydrogen-bond acceptors (Lipinski definition) is 3. The Hall–Kier alpha value is -1.30. The predicted octanol–water partition coefficient (Wildman–Crippen LogP) is 2.40. The fraction of sp³-hybridized carbons (Fsp3) is 0.583. The summed E-state index contributed by atoms with van der Waals surface area (Å²) in [5.41, 5.74) is 0. The smallest absolute Gasteiger partial charge is 0.251 e. The lowest BCUT2D eigenvalue weighted by Gasteiger charge is -2.14. The Morgan fingerprint density at radius 2 is 1.89 bits per heavy atom. The van der Waals surface area contributed by atoms with E-state index >= 15 is 0 Å². The van der Waals surface area contributed by atoms with Crippen LogP contribution in [-0.4, -0.2) is 36.1 Å². The minimum absolute atomic E-state index is 0.227. The van der Waals surface area contributed by atoms with Crippen LogP contribution >= 0.6 is 0 Å². The van der Waals surface area contributed by atoms with Crippen LogP contribution in [0.1, 0.15) is 19.3 Å². The minimum atomic E-state index is -1.28. The van der Waals surface area contributed by atoms with E-state index in [-0.39, 0.29) is 5.82 Å². The second-order valence-corrected chi connectivity index (χ2v) is 4.42. The maximum atomic E-state index is 13.2. The highest BCUT2D eigenvalue weighted by Gasteiger charge is 2.12. The van der Waals surface area contributed by atoms with Gasteiger partial charge in [-0.1, -0.05) is 0 Å². The summed E-state index contributed by atoms with van der Waals surface area (Å²) in [6.07, 6.45) is 3.28. The van der Waals surface area contributed by atoms with Crippen LogP contribution in [0.2, 0.25) is 0 Å². The normalized spacial score (nSPS) is 16.2. The molecule has 1 saturated heterocycles. The van der Waals surface area contributed by atoms with Crippen molar-refractivity contribution in [3.8, 4) is 0 Å². The number of likely N-dealkylation sites (tertiary alicyclic amines) is 1. The molecule has 0 aliphatic carbocycles. The maximum absolute atomic E-state index is 13.2. The number of rotatable bonds is 5. The van der Waals surface area contributed by atoms with Crippen molar-refractivity contribution in [2.75, 3.05) is 31.5 Å². The quantitative estimate of drug-likeness (QED) is 0.650. The van der Waals surface area contributed by atoms with Crippen LogP contribution in [0.4, 0.5) is 19.0 Å². The van der Waals surface area contributed by atoms with E-state index in [0.717, 1.165) is 26.1 Å². The number of pyridine rings is 1. The van der Waals surface area contributed by atoms with E-state index in [1.807, 2.05) is 0 Å². The molecule has 2 heterocycles. The van der Waals surface area contributed by atoms with E-state index in [0.29, 0.717) is 12.6 Å². The molecule has 6 heteroatoms. The Balaban J connectivity index is 1.77. The third-order valence-electron chi connectivity index (χ3n) is 3.03. The van der Waals surface area contributed by atoms with Gasteiger partial charge < -0.3 is 10.2 Å². The summed E-state index contributed by atoms with van der Waals surface area (Å²) in [4.78, 5) is 5.53. The lowest BCUT2D eigenvalue weighted by atomic mass is 10.3. The van der Waals surface area contributed by atoms with Crippen molar-refractivity contribution in [1.29, 1.82) is 0 Å². The first kappa shape index (κ1) is 13.1. The molecule has 0 amide bonds. The van der Waals surface area contributed by atoms with Crippen molar-refractivity contribution in [2.24, 2.45) is 0 Å². The van der Waals surface area contributed by atoms with Crippen LogP contribution in [0.25, 0.3) is 0 Å². The summed E-state index contributed by atoms with van der Waals surface area (Å²) >= 11 is 0. The molecule has 0 radical (unpaired) electrons. The second kappa shape index (κ2) is 6.04. The SMILES string of the molecule is Fc1cc(F)c(NCCCN2CCCC2)nc1F. The largest absolute Gasteiger partial charge is 0.367 e. The molecule has 1 aliphatic heterocycles. The van der Waals surface area contributed by atoms with Crippen molar-refractivity contribution in [3.63, 3.8) is 0 Å². The van der Waals surface area contributed by atoms with Gasteiger partial charge >= 0.3 is 0 Å². The Labute approximate surface area is 104 Å². The summed E-state index contributed by atoms with van der Waals surface area (Å²) in [7, 11) is 0. The van der Waals surface area contributed by atoms with Gasteiger partial charge in [0.25, 0.3) is 5.95 Å². The van der Waals surface area contributed by atoms with E-state index in [1.54, 1.807) is 0 Å². The molecule has 0 spiro atoms. The van der Waals surface area contributed by atoms with Crippen molar-refractivity contribution in [2.45, 2.75) is 19.3 Å². The average Bonchev–Trinajstić information content (AvgIpc) is 2.84. The molecule has 1 aromatic rings. The van der Waals surface area contributed by atoms with Gasteiger partial charge in [0.05, 0.1) is 0 Å². The van der Waals surface area contributed by atoms with Gasteiger partial charge in [-0.05, 0) is 38.9 Å². The monoisotopic (exact) mass is 259 g/mol. The lowest BCUT2D eigenvalue weighted by molar-refractivity contribution is 0.337. The highest BCUT2D eigenvalue weighted by Crippen LogP contribution is 2.14. The average molecular weight is 259 g/mol. The van der Waals surface area contributed by atoms with E-state index in [2.05, 4.69) is 15.2 Å². The fourth-order valence-corrected chi connectivity index (χ4v) is 2.08. The predicted molar refractivity (Wildman–Crippen MR) is 62.9 cm³/mol. The third-order valence-corrected chi connectivity index (χ3v) is 3.03. The molecule has 0 unspecified atom stereocenters. The highest BCUT2D eigenvalue weighted by atomic mass is 19.2. The number of nitrogens with one attached hydrogen (secondary N) is 1. The first-order valence-corrected chi connectivity index (χ1v) is 6.14. The number of hydrogen-bond donors (Lipinski definition) is 1. The fourth-order valence-electron chi connectivity index (χ4n) is 2.08. The van der Waals surface area contributed by atoms with Crippen LogP contribution in [0.3, 0.4) is 0 Å². The molecule has 1 aromatic heterocycles. The zero-order valence-electron chi connectivity index (χ0n) is 10.1. The zero-order chi connectivity index (χ0) is 13.0. The summed E-state index contributed by atoms with van der Waals surface area (Å²) in [5, 5.41) is 2.69. The van der Waals surface area contributed by atoms with E-state index in [1.165, 1.54) is 12.8 Å². The van der Waals surface area contributed by atoms with Crippen molar-refractivity contribution >= 4 is 5.82 Å². The van der Waals surface area contributed by atoms with E-state index < -0.39 is 17.6 Å². The standard InChI is InChI=1S/C12H16F3N3/c13-9-8-10(14)12(17-11(9)15)16-4-3-7-18-5-1-2-6-18/h8H,1-7H2,(H,16,17). The molecule has 3 nitrogen and oxygen atoms in total. The molecular formula is C12H16F3N3. The second-order valence-electron chi connectivity index (χ2n) is 4.42. The van der Waals surface area contributed by atoms with Gasteiger partial charge in [0.15, 0.2) is 17.5 Å². The van der Waals surface area contributed by atoms with Gasteiger partial charge in [0.2, 0.25) is 0 Å². The summed E-state index contributed by atoms with van der Waals surface area (Å²) in [5.74, 6) is -3.64. The number of halogens is 3. The number of anilines is 1. The molecule has 0 bridgehead atoms. The van der Waals surface area contributed by atoms with Gasteiger partial charge in [-0.3, -0.25) is 0 Å². The van der Waals surface area contributed by atoms with Gasteiger partial charge in [0, 0.05) is 12.6 Å². The molecule has 2 rings (SSSR count). The summed E-state index contributed by atoms with van der Waals surface area (Å²) in [6, 6.07) is 0.505. The van der Waals surface area contributed by atoms with E-state index in [4.69, 9.17) is 0 Å². The van der Waals surface area contributed by atoms with Gasteiger partial charge in [-0.2, -0.15) is 9.37 Å². The highest BCUT2D eigenvalue weighted by molar-refractivity contribution is 5.35. The van der Waals surface area contributed by atoms with Crippen LogP contribution in [0.15, 0.2) is 6.07 Å². The van der Waals surface area contributed by atoms with Crippen molar-refractivity contribution in [3.05, 3.63) is 23.6 Å². The Kier molecular flexibility index (Phi) is 4.41. The lowest BCUT2D eigenvalue weighted by Crippen LogP contribution is -2.22. The van der Waals surface area contributed by atoms with Crippen molar-refractivity contribution in [1.82, 2.24) is 9.88 Å². The molecule has 18 heavy (non-hydrogen) atoms. The Morgan fingerprint density at radius 3 is 2.61 bits per heavy atom. The molecule has 100 valence electrons. The van der Waals surface area contributed by atoms with Crippen LogP contribution in [0, 0.1) is 17.6 Å². The molecule has 0 saturated carbocycles. The first-order chi connectivity index (χ1) is 8.66. The minimum Gasteiger partial charge on any atom is -0.367 e. The van der Waals surface area contributed by atoms with Crippen LogP contribution < -0.4 is 5.32 Å². The molecule has 1 N–H and O–H groups in total. The number of aromatic nitrogens is 1. The molecule has 1 aliphatic rings. The van der Waals surface area contributed by atoms with Gasteiger partial charge in [0.1, 0.15) is 0 Å². The van der Waals surface area contributed by atoms with E-state index in [9.17, 15) is 13.2 Å². The Morgan fingerprint density at radius 1 is 1.17 bits per heavy atom. The summed E-state index contributed by atoms with van der Waals surface area (Å²) in [6.45, 7) is 3.64. The third kappa shape index (κ3) is 3.35. The maximum Gasteiger partial charge on any atom is 0.251 e.